The van der Waals surface area contributed by atoms with E-state index in [2.05, 4.69) is 11.4 Å². The molecule has 2 unspecified atom stereocenters. The monoisotopic (exact) mass is 319 g/mol. The van der Waals surface area contributed by atoms with Gasteiger partial charge in [0.25, 0.3) is 5.91 Å². The van der Waals surface area contributed by atoms with Gasteiger partial charge in [0.1, 0.15) is 5.75 Å². The summed E-state index contributed by atoms with van der Waals surface area (Å²) >= 11 is 1.70. The van der Waals surface area contributed by atoms with Crippen LogP contribution in [0.3, 0.4) is 0 Å². The Hall–Kier alpha value is -1.85. The SMILES string of the molecule is COc1cccc(C(O)C(=O)NC(C)c2cc(C)sc2C)c1. The Morgan fingerprint density at radius 1 is 1.32 bits per heavy atom. The van der Waals surface area contributed by atoms with E-state index in [0.717, 1.165) is 5.56 Å². The molecule has 2 rings (SSSR count). The Labute approximate surface area is 134 Å². The van der Waals surface area contributed by atoms with Crippen LogP contribution in [0.25, 0.3) is 0 Å². The van der Waals surface area contributed by atoms with Crippen molar-refractivity contribution in [2.75, 3.05) is 7.11 Å². The Balaban J connectivity index is 2.09. The highest BCUT2D eigenvalue weighted by molar-refractivity contribution is 7.12. The molecule has 2 N–H and O–H groups in total. The predicted octanol–water partition coefficient (Wildman–Crippen LogP) is 3.28. The van der Waals surface area contributed by atoms with Crippen LogP contribution in [0.5, 0.6) is 5.75 Å². The van der Waals surface area contributed by atoms with E-state index in [4.69, 9.17) is 4.74 Å². The maximum Gasteiger partial charge on any atom is 0.253 e. The summed E-state index contributed by atoms with van der Waals surface area (Å²) in [5.74, 6) is 0.200. The minimum Gasteiger partial charge on any atom is -0.497 e. The van der Waals surface area contributed by atoms with Crippen molar-refractivity contribution in [2.24, 2.45) is 0 Å². The fourth-order valence-corrected chi connectivity index (χ4v) is 3.44. The van der Waals surface area contributed by atoms with Gasteiger partial charge in [-0.2, -0.15) is 0 Å². The fourth-order valence-electron chi connectivity index (χ4n) is 2.41. The van der Waals surface area contributed by atoms with Crippen LogP contribution in [0.15, 0.2) is 30.3 Å². The Kier molecular flexibility index (Phi) is 5.21. The van der Waals surface area contributed by atoms with Crippen LogP contribution in [0, 0.1) is 13.8 Å². The summed E-state index contributed by atoms with van der Waals surface area (Å²) in [5.41, 5.74) is 1.61. The van der Waals surface area contributed by atoms with Crippen LogP contribution in [-0.4, -0.2) is 18.1 Å². The first-order valence-corrected chi connectivity index (χ1v) is 7.93. The van der Waals surface area contributed by atoms with Gasteiger partial charge in [-0.25, -0.2) is 0 Å². The Morgan fingerprint density at radius 3 is 2.64 bits per heavy atom. The number of methoxy groups -OCH3 is 1. The van der Waals surface area contributed by atoms with E-state index in [1.54, 1.807) is 42.7 Å². The number of rotatable bonds is 5. The minimum atomic E-state index is -1.21. The zero-order chi connectivity index (χ0) is 16.3. The summed E-state index contributed by atoms with van der Waals surface area (Å²) in [5, 5.41) is 13.1. The van der Waals surface area contributed by atoms with Gasteiger partial charge < -0.3 is 15.2 Å². The van der Waals surface area contributed by atoms with E-state index in [9.17, 15) is 9.90 Å². The first-order valence-electron chi connectivity index (χ1n) is 7.11. The molecule has 1 aromatic heterocycles. The number of benzene rings is 1. The second kappa shape index (κ2) is 6.94. The van der Waals surface area contributed by atoms with E-state index in [0.29, 0.717) is 11.3 Å². The standard InChI is InChI=1S/C17H21NO3S/c1-10-8-15(12(3)22-10)11(2)18-17(20)16(19)13-6-5-7-14(9-13)21-4/h5-9,11,16,19H,1-4H3,(H,18,20). The molecule has 0 aliphatic heterocycles. The molecule has 2 aromatic rings. The van der Waals surface area contributed by atoms with E-state index in [1.807, 2.05) is 20.8 Å². The van der Waals surface area contributed by atoms with Crippen molar-refractivity contribution in [3.05, 3.63) is 51.2 Å². The van der Waals surface area contributed by atoms with Crippen LogP contribution in [-0.2, 0) is 4.79 Å². The summed E-state index contributed by atoms with van der Waals surface area (Å²) in [7, 11) is 1.55. The molecule has 0 aliphatic carbocycles. The molecule has 0 saturated heterocycles. The van der Waals surface area contributed by atoms with Gasteiger partial charge in [-0.15, -0.1) is 11.3 Å². The topological polar surface area (TPSA) is 58.6 Å². The van der Waals surface area contributed by atoms with Gasteiger partial charge in [-0.3, -0.25) is 4.79 Å². The third-order valence-corrected chi connectivity index (χ3v) is 4.54. The number of aryl methyl sites for hydroxylation is 2. The molecule has 1 aromatic carbocycles. The lowest BCUT2D eigenvalue weighted by Gasteiger charge is -2.17. The number of ether oxygens (including phenoxy) is 1. The third-order valence-electron chi connectivity index (χ3n) is 3.56. The number of thiophene rings is 1. The van der Waals surface area contributed by atoms with Gasteiger partial charge in [0, 0.05) is 9.75 Å². The van der Waals surface area contributed by atoms with Crippen molar-refractivity contribution in [3.63, 3.8) is 0 Å². The maximum atomic E-state index is 12.2. The lowest BCUT2D eigenvalue weighted by Crippen LogP contribution is -2.31. The molecule has 1 amide bonds. The number of carbonyl (C=O) groups is 1. The highest BCUT2D eigenvalue weighted by atomic mass is 32.1. The number of hydrogen-bond acceptors (Lipinski definition) is 4. The zero-order valence-electron chi connectivity index (χ0n) is 13.2. The lowest BCUT2D eigenvalue weighted by atomic mass is 10.1. The quantitative estimate of drug-likeness (QED) is 0.889. The number of nitrogens with one attached hydrogen (secondary N) is 1. The molecule has 0 aliphatic rings. The lowest BCUT2D eigenvalue weighted by molar-refractivity contribution is -0.130. The Morgan fingerprint density at radius 2 is 2.05 bits per heavy atom. The molecular formula is C17H21NO3S. The van der Waals surface area contributed by atoms with Crippen LogP contribution >= 0.6 is 11.3 Å². The highest BCUT2D eigenvalue weighted by Crippen LogP contribution is 2.27. The minimum absolute atomic E-state index is 0.141. The van der Waals surface area contributed by atoms with Crippen molar-refractivity contribution in [3.8, 4) is 5.75 Å². The largest absolute Gasteiger partial charge is 0.497 e. The van der Waals surface area contributed by atoms with Crippen molar-refractivity contribution in [1.29, 1.82) is 0 Å². The second-order valence-electron chi connectivity index (χ2n) is 5.28. The zero-order valence-corrected chi connectivity index (χ0v) is 14.0. The normalized spacial score (nSPS) is 13.5. The van der Waals surface area contributed by atoms with Crippen LogP contribution < -0.4 is 10.1 Å². The van der Waals surface area contributed by atoms with Gasteiger partial charge in [-0.1, -0.05) is 12.1 Å². The van der Waals surface area contributed by atoms with Crippen LogP contribution in [0.1, 0.15) is 40.0 Å². The van der Waals surface area contributed by atoms with Crippen LogP contribution in [0.4, 0.5) is 0 Å². The average molecular weight is 319 g/mol. The van der Waals surface area contributed by atoms with Gasteiger partial charge in [-0.05, 0) is 50.1 Å². The van der Waals surface area contributed by atoms with Crippen molar-refractivity contribution in [2.45, 2.75) is 32.9 Å². The Bertz CT molecular complexity index is 666. The van der Waals surface area contributed by atoms with Crippen molar-refractivity contribution >= 4 is 17.2 Å². The third kappa shape index (κ3) is 3.67. The van der Waals surface area contributed by atoms with E-state index >= 15 is 0 Å². The van der Waals surface area contributed by atoms with Crippen molar-refractivity contribution < 1.29 is 14.6 Å². The molecular weight excluding hydrogens is 298 g/mol. The summed E-state index contributed by atoms with van der Waals surface area (Å²) in [6.45, 7) is 6.00. The van der Waals surface area contributed by atoms with E-state index in [1.165, 1.54) is 9.75 Å². The fraction of sp³-hybridized carbons (Fsp3) is 0.353. The molecule has 0 saturated carbocycles. The maximum absolute atomic E-state index is 12.2. The summed E-state index contributed by atoms with van der Waals surface area (Å²) < 4.78 is 5.11. The molecule has 0 radical (unpaired) electrons. The summed E-state index contributed by atoms with van der Waals surface area (Å²) in [6.07, 6.45) is -1.21. The van der Waals surface area contributed by atoms with Gasteiger partial charge in [0.05, 0.1) is 13.2 Å². The summed E-state index contributed by atoms with van der Waals surface area (Å²) in [6, 6.07) is 8.82. The second-order valence-corrected chi connectivity index (χ2v) is 6.74. The molecule has 0 fully saturated rings. The van der Waals surface area contributed by atoms with Crippen molar-refractivity contribution in [1.82, 2.24) is 5.32 Å². The van der Waals surface area contributed by atoms with Crippen LogP contribution in [0.2, 0.25) is 0 Å². The number of hydrogen-bond donors (Lipinski definition) is 2. The van der Waals surface area contributed by atoms with Gasteiger partial charge in [0.2, 0.25) is 0 Å². The first kappa shape index (κ1) is 16.5. The number of amides is 1. The smallest absolute Gasteiger partial charge is 0.253 e. The predicted molar refractivity (Wildman–Crippen MR) is 88.3 cm³/mol. The molecule has 22 heavy (non-hydrogen) atoms. The number of carbonyl (C=O) groups excluding carboxylic acids is 1. The number of aliphatic hydroxyl groups is 1. The molecule has 4 nitrogen and oxygen atoms in total. The van der Waals surface area contributed by atoms with Gasteiger partial charge in [0.15, 0.2) is 6.10 Å². The molecule has 0 bridgehead atoms. The molecule has 118 valence electrons. The molecule has 1 heterocycles. The summed E-state index contributed by atoms with van der Waals surface area (Å²) in [4.78, 5) is 14.6. The first-order chi connectivity index (χ1) is 10.4. The number of aliphatic hydroxyl groups excluding tert-OH is 1. The molecule has 2 atom stereocenters. The van der Waals surface area contributed by atoms with E-state index in [-0.39, 0.29) is 6.04 Å². The molecule has 0 spiro atoms. The highest BCUT2D eigenvalue weighted by Gasteiger charge is 2.21. The van der Waals surface area contributed by atoms with Gasteiger partial charge >= 0.3 is 0 Å². The molecule has 5 heteroatoms. The average Bonchev–Trinajstić information content (AvgIpc) is 2.85. The van der Waals surface area contributed by atoms with E-state index < -0.39 is 12.0 Å².